The highest BCUT2D eigenvalue weighted by Crippen LogP contribution is 2.21. The maximum absolute atomic E-state index is 12.4. The van der Waals surface area contributed by atoms with Crippen LogP contribution in [0, 0.1) is 13.8 Å². The van der Waals surface area contributed by atoms with E-state index in [1.807, 2.05) is 56.3 Å². The van der Waals surface area contributed by atoms with E-state index in [-0.39, 0.29) is 18.6 Å². The molecule has 1 fully saturated rings. The van der Waals surface area contributed by atoms with Crippen LogP contribution in [0.1, 0.15) is 34.0 Å². The van der Waals surface area contributed by atoms with Crippen molar-refractivity contribution >= 4 is 22.9 Å². The van der Waals surface area contributed by atoms with Crippen molar-refractivity contribution in [2.75, 3.05) is 11.9 Å². The van der Waals surface area contributed by atoms with Crippen LogP contribution in [-0.4, -0.2) is 40.8 Å². The topological polar surface area (TPSA) is 83.5 Å². The first kappa shape index (κ1) is 23.4. The normalized spacial score (nSPS) is 18.8. The van der Waals surface area contributed by atoms with Gasteiger partial charge in [-0.05, 0) is 62.9 Å². The van der Waals surface area contributed by atoms with Crippen LogP contribution in [0.15, 0.2) is 54.6 Å². The molecule has 0 saturated carbocycles. The molecule has 1 aliphatic rings. The van der Waals surface area contributed by atoms with E-state index < -0.39 is 6.10 Å². The monoisotopic (exact) mass is 465 g/mol. The average Bonchev–Trinajstić information content (AvgIpc) is 3.39. The fraction of sp³-hybridized carbons (Fsp3) is 0.385. The summed E-state index contributed by atoms with van der Waals surface area (Å²) in [4.78, 5) is 17.9. The number of thiazole rings is 1. The number of nitrogens with one attached hydrogen (secondary N) is 2. The number of carbonyl (C=O) groups is 1. The Labute approximate surface area is 199 Å². The summed E-state index contributed by atoms with van der Waals surface area (Å²) >= 11 is 1.62. The molecule has 3 aromatic rings. The molecule has 1 amide bonds. The lowest BCUT2D eigenvalue weighted by molar-refractivity contribution is -0.115. The van der Waals surface area contributed by atoms with E-state index >= 15 is 0 Å². The number of carbonyl (C=O) groups excluding carboxylic acids is 1. The number of amides is 1. The van der Waals surface area contributed by atoms with E-state index in [2.05, 4.69) is 27.8 Å². The second-order valence-corrected chi connectivity index (χ2v) is 10.0. The Morgan fingerprint density at radius 1 is 1.18 bits per heavy atom. The number of aliphatic hydroxyl groups excluding tert-OH is 1. The summed E-state index contributed by atoms with van der Waals surface area (Å²) in [6.07, 6.45) is 2.57. The van der Waals surface area contributed by atoms with Gasteiger partial charge in [-0.3, -0.25) is 4.79 Å². The molecule has 1 aliphatic heterocycles. The summed E-state index contributed by atoms with van der Waals surface area (Å²) in [5.41, 5.74) is 2.84. The summed E-state index contributed by atoms with van der Waals surface area (Å²) in [7, 11) is 0. The molecule has 4 rings (SSSR count). The summed E-state index contributed by atoms with van der Waals surface area (Å²) in [6.45, 7) is 4.24. The van der Waals surface area contributed by atoms with E-state index in [1.54, 1.807) is 11.3 Å². The number of hydrogen-bond donors (Lipinski definition) is 3. The molecule has 0 bridgehead atoms. The molecule has 0 unspecified atom stereocenters. The standard InChI is InChI=1S/C26H31N3O3S/c1-17-24(27-18(2)33-17)15-26(31)29-20-10-8-19(9-11-20)14-21-12-13-23(28-21)25(30)16-32-22-6-4-3-5-7-22/h3-11,21,23,25,28,30H,12-16H2,1-2H3,(H,29,31)/t21-,23+,25+/m0/s1. The largest absolute Gasteiger partial charge is 0.491 e. The van der Waals surface area contributed by atoms with Gasteiger partial charge in [0.15, 0.2) is 0 Å². The zero-order chi connectivity index (χ0) is 23.2. The zero-order valence-corrected chi connectivity index (χ0v) is 19.9. The Morgan fingerprint density at radius 2 is 1.94 bits per heavy atom. The van der Waals surface area contributed by atoms with Crippen molar-refractivity contribution in [3.05, 3.63) is 75.7 Å². The highest BCUT2D eigenvalue weighted by atomic mass is 32.1. The van der Waals surface area contributed by atoms with Crippen LogP contribution in [0.2, 0.25) is 0 Å². The predicted molar refractivity (Wildman–Crippen MR) is 132 cm³/mol. The van der Waals surface area contributed by atoms with Crippen LogP contribution in [-0.2, 0) is 17.6 Å². The Balaban J connectivity index is 1.22. The molecule has 6 nitrogen and oxygen atoms in total. The maximum atomic E-state index is 12.4. The molecule has 174 valence electrons. The van der Waals surface area contributed by atoms with Crippen molar-refractivity contribution in [2.45, 2.75) is 57.7 Å². The summed E-state index contributed by atoms with van der Waals surface area (Å²) in [5.74, 6) is 0.721. The number of rotatable bonds is 9. The third kappa shape index (κ3) is 6.63. The lowest BCUT2D eigenvalue weighted by Gasteiger charge is -2.20. The van der Waals surface area contributed by atoms with Gasteiger partial charge in [-0.15, -0.1) is 11.3 Å². The van der Waals surface area contributed by atoms with Gasteiger partial charge >= 0.3 is 0 Å². The van der Waals surface area contributed by atoms with Gasteiger partial charge in [-0.2, -0.15) is 0 Å². The second kappa shape index (κ2) is 10.9. The second-order valence-electron chi connectivity index (χ2n) is 8.60. The van der Waals surface area contributed by atoms with Gasteiger partial charge in [-0.25, -0.2) is 4.98 Å². The van der Waals surface area contributed by atoms with Crippen molar-refractivity contribution in [3.63, 3.8) is 0 Å². The SMILES string of the molecule is Cc1nc(CC(=O)Nc2ccc(C[C@@H]3CC[C@H]([C@H](O)COc4ccccc4)N3)cc2)c(C)s1. The van der Waals surface area contributed by atoms with Crippen LogP contribution >= 0.6 is 11.3 Å². The van der Waals surface area contributed by atoms with Gasteiger partial charge < -0.3 is 20.5 Å². The third-order valence-corrected chi connectivity index (χ3v) is 6.88. The molecule has 33 heavy (non-hydrogen) atoms. The van der Waals surface area contributed by atoms with E-state index in [1.165, 1.54) is 5.56 Å². The van der Waals surface area contributed by atoms with Gasteiger partial charge in [0, 0.05) is 22.6 Å². The van der Waals surface area contributed by atoms with Crippen LogP contribution in [0.3, 0.4) is 0 Å². The molecule has 3 atom stereocenters. The number of aliphatic hydroxyl groups is 1. The molecule has 7 heteroatoms. The number of aryl methyl sites for hydroxylation is 2. The molecule has 1 aromatic heterocycles. The number of hydrogen-bond acceptors (Lipinski definition) is 6. The Bertz CT molecular complexity index is 1050. The minimum absolute atomic E-state index is 0.0371. The van der Waals surface area contributed by atoms with Crippen molar-refractivity contribution in [1.82, 2.24) is 10.3 Å². The summed E-state index contributed by atoms with van der Waals surface area (Å²) in [5, 5.41) is 18.0. The molecular formula is C26H31N3O3S. The first-order valence-electron chi connectivity index (χ1n) is 11.4. The number of ether oxygens (including phenoxy) is 1. The molecule has 0 spiro atoms. The number of nitrogens with zero attached hydrogens (tertiary/aromatic N) is 1. The fourth-order valence-corrected chi connectivity index (χ4v) is 5.07. The molecule has 0 radical (unpaired) electrons. The molecule has 3 N–H and O–H groups in total. The number of para-hydroxylation sites is 1. The highest BCUT2D eigenvalue weighted by molar-refractivity contribution is 7.11. The smallest absolute Gasteiger partial charge is 0.230 e. The fourth-order valence-electron chi connectivity index (χ4n) is 4.23. The van der Waals surface area contributed by atoms with Crippen LogP contribution in [0.25, 0.3) is 0 Å². The summed E-state index contributed by atoms with van der Waals surface area (Å²) in [6, 6.07) is 17.9. The Kier molecular flexibility index (Phi) is 7.75. The number of benzene rings is 2. The van der Waals surface area contributed by atoms with Gasteiger partial charge in [-0.1, -0.05) is 30.3 Å². The van der Waals surface area contributed by atoms with E-state index in [0.717, 1.165) is 46.3 Å². The van der Waals surface area contributed by atoms with Gasteiger partial charge in [0.2, 0.25) is 5.91 Å². The van der Waals surface area contributed by atoms with Crippen LogP contribution in [0.4, 0.5) is 5.69 Å². The Morgan fingerprint density at radius 3 is 2.64 bits per heavy atom. The molecule has 1 saturated heterocycles. The van der Waals surface area contributed by atoms with Crippen LogP contribution < -0.4 is 15.4 Å². The number of anilines is 1. The summed E-state index contributed by atoms with van der Waals surface area (Å²) < 4.78 is 5.70. The van der Waals surface area contributed by atoms with Gasteiger partial charge in [0.05, 0.1) is 17.1 Å². The minimum Gasteiger partial charge on any atom is -0.491 e. The lowest BCUT2D eigenvalue weighted by atomic mass is 10.0. The van der Waals surface area contributed by atoms with E-state index in [9.17, 15) is 9.90 Å². The molecule has 2 heterocycles. The zero-order valence-electron chi connectivity index (χ0n) is 19.1. The van der Waals surface area contributed by atoms with E-state index in [4.69, 9.17) is 4.74 Å². The van der Waals surface area contributed by atoms with Crippen LogP contribution in [0.5, 0.6) is 5.75 Å². The highest BCUT2D eigenvalue weighted by Gasteiger charge is 2.29. The quantitative estimate of drug-likeness (QED) is 0.444. The first-order valence-corrected chi connectivity index (χ1v) is 12.2. The van der Waals surface area contributed by atoms with Crippen molar-refractivity contribution < 1.29 is 14.6 Å². The maximum Gasteiger partial charge on any atom is 0.230 e. The lowest BCUT2D eigenvalue weighted by Crippen LogP contribution is -2.42. The Hall–Kier alpha value is -2.74. The average molecular weight is 466 g/mol. The molecular weight excluding hydrogens is 434 g/mol. The number of aromatic nitrogens is 1. The first-order chi connectivity index (χ1) is 16.0. The van der Waals surface area contributed by atoms with Crippen molar-refractivity contribution in [1.29, 1.82) is 0 Å². The molecule has 2 aromatic carbocycles. The third-order valence-electron chi connectivity index (χ3n) is 5.95. The van der Waals surface area contributed by atoms with Crippen molar-refractivity contribution in [3.8, 4) is 5.75 Å². The van der Waals surface area contributed by atoms with E-state index in [0.29, 0.717) is 12.5 Å². The van der Waals surface area contributed by atoms with Gasteiger partial charge in [0.1, 0.15) is 18.5 Å². The minimum atomic E-state index is -0.544. The predicted octanol–water partition coefficient (Wildman–Crippen LogP) is 4.04. The van der Waals surface area contributed by atoms with Crippen molar-refractivity contribution in [2.24, 2.45) is 0 Å². The van der Waals surface area contributed by atoms with Gasteiger partial charge in [0.25, 0.3) is 0 Å². The molecule has 0 aliphatic carbocycles.